The van der Waals surface area contributed by atoms with Gasteiger partial charge in [0.25, 0.3) is 0 Å². The van der Waals surface area contributed by atoms with E-state index in [1.54, 1.807) is 28.4 Å². The maximum Gasteiger partial charge on any atom is 0.218 e. The van der Waals surface area contributed by atoms with Crippen molar-refractivity contribution in [2.45, 2.75) is 31.6 Å². The molecule has 5 heteroatoms. The lowest BCUT2D eigenvalue weighted by Crippen LogP contribution is -2.47. The van der Waals surface area contributed by atoms with Crippen LogP contribution < -0.4 is 0 Å². The van der Waals surface area contributed by atoms with Crippen molar-refractivity contribution in [3.05, 3.63) is 0 Å². The third-order valence-electron chi connectivity index (χ3n) is 2.80. The van der Waals surface area contributed by atoms with Crippen LogP contribution in [0.3, 0.4) is 0 Å². The van der Waals surface area contributed by atoms with E-state index in [1.807, 2.05) is 0 Å². The van der Waals surface area contributed by atoms with E-state index in [-0.39, 0.29) is 18.7 Å². The van der Waals surface area contributed by atoms with E-state index in [0.717, 1.165) is 19.4 Å². The van der Waals surface area contributed by atoms with Crippen LogP contribution in [0.15, 0.2) is 0 Å². The summed E-state index contributed by atoms with van der Waals surface area (Å²) in [5.74, 6) is 0. The lowest BCUT2D eigenvalue weighted by Gasteiger charge is -2.33. The van der Waals surface area contributed by atoms with E-state index in [9.17, 15) is 0 Å². The molecule has 1 saturated heterocycles. The molecule has 0 aliphatic carbocycles. The van der Waals surface area contributed by atoms with Gasteiger partial charge in [0.2, 0.25) is 6.41 Å². The predicted molar refractivity (Wildman–Crippen MR) is 55.3 cm³/mol. The minimum Gasteiger partial charge on any atom is -0.354 e. The van der Waals surface area contributed by atoms with Crippen molar-refractivity contribution >= 4 is 0 Å². The second kappa shape index (κ2) is 6.40. The second-order valence-corrected chi connectivity index (χ2v) is 3.57. The number of likely N-dealkylation sites (tertiary alicyclic amines) is 1. The molecule has 0 aromatic heterocycles. The Morgan fingerprint density at radius 2 is 1.60 bits per heavy atom. The molecular formula is C10H21NO4. The highest BCUT2D eigenvalue weighted by atomic mass is 16.7. The van der Waals surface area contributed by atoms with Gasteiger partial charge in [0.05, 0.1) is 6.04 Å². The molecule has 0 aromatic rings. The molecule has 1 heterocycles. The van der Waals surface area contributed by atoms with Crippen LogP contribution in [0, 0.1) is 0 Å². The molecule has 0 saturated carbocycles. The highest BCUT2D eigenvalue weighted by Gasteiger charge is 2.36. The monoisotopic (exact) mass is 219 g/mol. The van der Waals surface area contributed by atoms with Gasteiger partial charge in [-0.1, -0.05) is 0 Å². The number of hydrogen-bond donors (Lipinski definition) is 0. The lowest BCUT2D eigenvalue weighted by molar-refractivity contribution is -0.232. The molecule has 1 atom stereocenters. The van der Waals surface area contributed by atoms with Crippen molar-refractivity contribution in [3.63, 3.8) is 0 Å². The van der Waals surface area contributed by atoms with Crippen LogP contribution in [-0.2, 0) is 18.9 Å². The molecule has 1 unspecified atom stereocenters. The Bertz CT molecular complexity index is 153. The Kier molecular flexibility index (Phi) is 5.49. The quantitative estimate of drug-likeness (QED) is 0.613. The Morgan fingerprint density at radius 3 is 2.07 bits per heavy atom. The second-order valence-electron chi connectivity index (χ2n) is 3.57. The molecular weight excluding hydrogens is 198 g/mol. The van der Waals surface area contributed by atoms with Crippen LogP contribution in [0.2, 0.25) is 0 Å². The Balaban J connectivity index is 2.62. The van der Waals surface area contributed by atoms with Crippen molar-refractivity contribution in [2.24, 2.45) is 0 Å². The molecule has 0 N–H and O–H groups in total. The number of rotatable bonds is 6. The first-order valence-electron chi connectivity index (χ1n) is 5.15. The first kappa shape index (κ1) is 12.9. The standard InChI is InChI=1S/C10H21NO4/c1-12-9(13-2)8-6-5-7-11(8)10(14-3)15-4/h8-10H,5-7H2,1-4H3. The van der Waals surface area contributed by atoms with Gasteiger partial charge in [-0.25, -0.2) is 4.90 Å². The fraction of sp³-hybridized carbons (Fsp3) is 1.00. The summed E-state index contributed by atoms with van der Waals surface area (Å²) in [5, 5.41) is 0. The van der Waals surface area contributed by atoms with Gasteiger partial charge in [0, 0.05) is 35.0 Å². The highest BCUT2D eigenvalue weighted by molar-refractivity contribution is 4.81. The largest absolute Gasteiger partial charge is 0.354 e. The SMILES string of the molecule is COC(OC)C1CCCN1C(OC)OC. The van der Waals surface area contributed by atoms with Gasteiger partial charge >= 0.3 is 0 Å². The normalized spacial score (nSPS) is 23.2. The van der Waals surface area contributed by atoms with Crippen LogP contribution >= 0.6 is 0 Å². The summed E-state index contributed by atoms with van der Waals surface area (Å²) in [5.41, 5.74) is 0. The van der Waals surface area contributed by atoms with Gasteiger partial charge in [-0.05, 0) is 12.8 Å². The first-order chi connectivity index (χ1) is 7.28. The zero-order chi connectivity index (χ0) is 11.3. The minimum atomic E-state index is -0.315. The summed E-state index contributed by atoms with van der Waals surface area (Å²) in [6.45, 7) is 0.945. The molecule has 5 nitrogen and oxygen atoms in total. The van der Waals surface area contributed by atoms with E-state index in [0.29, 0.717) is 0 Å². The average molecular weight is 219 g/mol. The van der Waals surface area contributed by atoms with Crippen molar-refractivity contribution in [2.75, 3.05) is 35.0 Å². The number of methoxy groups -OCH3 is 4. The van der Waals surface area contributed by atoms with E-state index in [1.165, 1.54) is 0 Å². The van der Waals surface area contributed by atoms with Gasteiger partial charge in [0.15, 0.2) is 6.29 Å². The Hall–Kier alpha value is -0.200. The molecule has 1 fully saturated rings. The third-order valence-corrected chi connectivity index (χ3v) is 2.80. The lowest BCUT2D eigenvalue weighted by atomic mass is 10.2. The zero-order valence-corrected chi connectivity index (χ0v) is 9.93. The van der Waals surface area contributed by atoms with Gasteiger partial charge in [0.1, 0.15) is 0 Å². The highest BCUT2D eigenvalue weighted by Crippen LogP contribution is 2.24. The topological polar surface area (TPSA) is 40.2 Å². The van der Waals surface area contributed by atoms with E-state index in [4.69, 9.17) is 18.9 Å². The van der Waals surface area contributed by atoms with Gasteiger partial charge in [-0.2, -0.15) is 0 Å². The zero-order valence-electron chi connectivity index (χ0n) is 9.93. The van der Waals surface area contributed by atoms with E-state index < -0.39 is 0 Å². The van der Waals surface area contributed by atoms with Crippen molar-refractivity contribution in [1.82, 2.24) is 4.90 Å². The van der Waals surface area contributed by atoms with Crippen LogP contribution in [0.1, 0.15) is 12.8 Å². The predicted octanol–water partition coefficient (Wildman–Crippen LogP) is 0.646. The van der Waals surface area contributed by atoms with E-state index >= 15 is 0 Å². The fourth-order valence-corrected chi connectivity index (χ4v) is 2.15. The van der Waals surface area contributed by atoms with Crippen molar-refractivity contribution in [1.29, 1.82) is 0 Å². The molecule has 0 amide bonds. The number of hydrogen-bond acceptors (Lipinski definition) is 5. The summed E-state index contributed by atoms with van der Waals surface area (Å²) >= 11 is 0. The van der Waals surface area contributed by atoms with Crippen LogP contribution in [0.5, 0.6) is 0 Å². The maximum atomic E-state index is 5.28. The van der Waals surface area contributed by atoms with Crippen molar-refractivity contribution < 1.29 is 18.9 Å². The molecule has 0 aromatic carbocycles. The van der Waals surface area contributed by atoms with Crippen LogP contribution in [0.25, 0.3) is 0 Å². The van der Waals surface area contributed by atoms with Crippen LogP contribution in [-0.4, -0.2) is 58.6 Å². The van der Waals surface area contributed by atoms with Gasteiger partial charge in [-0.15, -0.1) is 0 Å². The molecule has 1 aliphatic heterocycles. The van der Waals surface area contributed by atoms with Crippen molar-refractivity contribution in [3.8, 4) is 0 Å². The summed E-state index contributed by atoms with van der Waals surface area (Å²) in [4.78, 5) is 2.12. The molecule has 90 valence electrons. The smallest absolute Gasteiger partial charge is 0.218 e. The molecule has 0 radical (unpaired) electrons. The fourth-order valence-electron chi connectivity index (χ4n) is 2.15. The molecule has 15 heavy (non-hydrogen) atoms. The molecule has 1 rings (SSSR count). The Labute approximate surface area is 91.2 Å². The number of nitrogens with zero attached hydrogens (tertiary/aromatic N) is 1. The van der Waals surface area contributed by atoms with E-state index in [2.05, 4.69) is 4.90 Å². The van der Waals surface area contributed by atoms with Crippen LogP contribution in [0.4, 0.5) is 0 Å². The van der Waals surface area contributed by atoms with Gasteiger partial charge in [-0.3, -0.25) is 0 Å². The third kappa shape index (κ3) is 2.89. The van der Waals surface area contributed by atoms with Gasteiger partial charge < -0.3 is 18.9 Å². The average Bonchev–Trinajstić information content (AvgIpc) is 2.71. The molecule has 1 aliphatic rings. The Morgan fingerprint density at radius 1 is 1.00 bits per heavy atom. The maximum absolute atomic E-state index is 5.28. The summed E-state index contributed by atoms with van der Waals surface area (Å²) in [7, 11) is 6.58. The molecule has 0 spiro atoms. The summed E-state index contributed by atoms with van der Waals surface area (Å²) in [6.07, 6.45) is 1.61. The summed E-state index contributed by atoms with van der Waals surface area (Å²) in [6, 6.07) is 0.199. The minimum absolute atomic E-state index is 0.199. The first-order valence-corrected chi connectivity index (χ1v) is 5.15. The number of ether oxygens (including phenoxy) is 4. The molecule has 0 bridgehead atoms. The summed E-state index contributed by atoms with van der Waals surface area (Å²) < 4.78 is 21.0.